The lowest BCUT2D eigenvalue weighted by atomic mass is 10.0. The monoisotopic (exact) mass is 337 g/mol. The summed E-state index contributed by atoms with van der Waals surface area (Å²) in [6.07, 6.45) is 3.36. The zero-order chi connectivity index (χ0) is 16.7. The molecule has 6 nitrogen and oxygen atoms in total. The van der Waals surface area contributed by atoms with Crippen LogP contribution in [0, 0.1) is 0 Å². The number of thiocarbonyl (C=S) groups is 1. The van der Waals surface area contributed by atoms with Gasteiger partial charge in [0, 0.05) is 17.3 Å². The van der Waals surface area contributed by atoms with Crippen LogP contribution in [0.1, 0.15) is 21.5 Å². The molecule has 4 rings (SSSR count). The van der Waals surface area contributed by atoms with E-state index < -0.39 is 0 Å². The number of hydrogen-bond donors (Lipinski definition) is 2. The standard InChI is InChI=1S/C17H11N3O3S/c21-15-14(19-17(24)20-15)5-9-1-4-13(18-7-9)10-2-3-12-11(6-10)8-23-16(12)22/h1-7H,8H2,(H2,19,20,21,24)/b14-5-. The number of amides is 1. The third kappa shape index (κ3) is 2.55. The van der Waals surface area contributed by atoms with Crippen LogP contribution < -0.4 is 10.6 Å². The van der Waals surface area contributed by atoms with Crippen LogP contribution >= 0.6 is 12.2 Å². The number of rotatable bonds is 2. The van der Waals surface area contributed by atoms with Gasteiger partial charge >= 0.3 is 5.97 Å². The summed E-state index contributed by atoms with van der Waals surface area (Å²) in [6.45, 7) is 0.298. The number of pyridine rings is 1. The second-order valence-corrected chi connectivity index (χ2v) is 5.80. The molecule has 0 bridgehead atoms. The molecule has 3 heterocycles. The Morgan fingerprint density at radius 1 is 1.17 bits per heavy atom. The molecule has 1 aromatic heterocycles. The molecule has 2 aliphatic rings. The first-order valence-electron chi connectivity index (χ1n) is 7.21. The molecule has 0 aliphatic carbocycles. The molecule has 0 saturated carbocycles. The number of cyclic esters (lactones) is 1. The van der Waals surface area contributed by atoms with Crippen molar-refractivity contribution in [2.24, 2.45) is 0 Å². The number of benzene rings is 1. The number of nitrogens with one attached hydrogen (secondary N) is 2. The number of carbonyl (C=O) groups excluding carboxylic acids is 2. The van der Waals surface area contributed by atoms with Gasteiger partial charge in [-0.25, -0.2) is 4.79 Å². The Morgan fingerprint density at radius 2 is 2.04 bits per heavy atom. The zero-order valence-electron chi connectivity index (χ0n) is 12.3. The average molecular weight is 337 g/mol. The molecular weight excluding hydrogens is 326 g/mol. The minimum Gasteiger partial charge on any atom is -0.457 e. The van der Waals surface area contributed by atoms with Crippen LogP contribution in [-0.2, 0) is 16.1 Å². The van der Waals surface area contributed by atoms with Gasteiger partial charge in [-0.15, -0.1) is 0 Å². The van der Waals surface area contributed by atoms with Gasteiger partial charge in [0.15, 0.2) is 5.11 Å². The van der Waals surface area contributed by atoms with Crippen LogP contribution in [0.5, 0.6) is 0 Å². The molecule has 2 N–H and O–H groups in total. The van der Waals surface area contributed by atoms with Gasteiger partial charge in [-0.2, -0.15) is 0 Å². The number of aromatic nitrogens is 1. The van der Waals surface area contributed by atoms with E-state index in [1.807, 2.05) is 24.3 Å². The fourth-order valence-electron chi connectivity index (χ4n) is 2.60. The van der Waals surface area contributed by atoms with E-state index in [9.17, 15) is 9.59 Å². The third-order valence-electron chi connectivity index (χ3n) is 3.80. The van der Waals surface area contributed by atoms with Crippen LogP contribution in [-0.4, -0.2) is 22.0 Å². The lowest BCUT2D eigenvalue weighted by Crippen LogP contribution is -2.21. The van der Waals surface area contributed by atoms with Crippen molar-refractivity contribution in [3.63, 3.8) is 0 Å². The van der Waals surface area contributed by atoms with E-state index in [4.69, 9.17) is 17.0 Å². The van der Waals surface area contributed by atoms with E-state index in [1.165, 1.54) is 0 Å². The number of nitrogens with zero attached hydrogens (tertiary/aromatic N) is 1. The molecule has 7 heteroatoms. The van der Waals surface area contributed by atoms with Crippen LogP contribution in [0.3, 0.4) is 0 Å². The number of fused-ring (bicyclic) bond motifs is 1. The summed E-state index contributed by atoms with van der Waals surface area (Å²) >= 11 is 4.89. The second-order valence-electron chi connectivity index (χ2n) is 5.39. The van der Waals surface area contributed by atoms with Crippen molar-refractivity contribution in [1.29, 1.82) is 0 Å². The van der Waals surface area contributed by atoms with Crippen molar-refractivity contribution in [2.75, 3.05) is 0 Å². The maximum Gasteiger partial charge on any atom is 0.338 e. The maximum absolute atomic E-state index is 11.6. The van der Waals surface area contributed by atoms with E-state index in [1.54, 1.807) is 18.3 Å². The predicted octanol–water partition coefficient (Wildman–Crippen LogP) is 1.76. The van der Waals surface area contributed by atoms with E-state index in [-0.39, 0.29) is 11.9 Å². The van der Waals surface area contributed by atoms with E-state index in [2.05, 4.69) is 15.6 Å². The van der Waals surface area contributed by atoms with Crippen molar-refractivity contribution < 1.29 is 14.3 Å². The highest BCUT2D eigenvalue weighted by Crippen LogP contribution is 2.26. The van der Waals surface area contributed by atoms with Crippen LogP contribution in [0.15, 0.2) is 42.2 Å². The van der Waals surface area contributed by atoms with Crippen LogP contribution in [0.25, 0.3) is 17.3 Å². The van der Waals surface area contributed by atoms with E-state index in [0.29, 0.717) is 23.0 Å². The highest BCUT2D eigenvalue weighted by atomic mass is 32.1. The summed E-state index contributed by atoms with van der Waals surface area (Å²) in [5.41, 5.74) is 4.33. The van der Waals surface area contributed by atoms with Crippen molar-refractivity contribution >= 4 is 35.3 Å². The molecule has 1 amide bonds. The molecule has 0 radical (unpaired) electrons. The highest BCUT2D eigenvalue weighted by molar-refractivity contribution is 7.80. The molecule has 2 aromatic rings. The first-order valence-corrected chi connectivity index (χ1v) is 7.61. The molecule has 2 aliphatic heterocycles. The van der Waals surface area contributed by atoms with E-state index in [0.717, 1.165) is 22.4 Å². The van der Waals surface area contributed by atoms with Crippen LogP contribution in [0.2, 0.25) is 0 Å². The Kier molecular flexibility index (Phi) is 3.35. The summed E-state index contributed by atoms with van der Waals surface area (Å²) in [5.74, 6) is -0.542. The fourth-order valence-corrected chi connectivity index (χ4v) is 2.81. The number of ether oxygens (including phenoxy) is 1. The zero-order valence-corrected chi connectivity index (χ0v) is 13.1. The van der Waals surface area contributed by atoms with Gasteiger partial charge in [0.1, 0.15) is 12.3 Å². The second kappa shape index (κ2) is 5.54. The average Bonchev–Trinajstić information content (AvgIpc) is 3.10. The summed E-state index contributed by atoms with van der Waals surface area (Å²) in [6, 6.07) is 9.23. The first kappa shape index (κ1) is 14.5. The summed E-state index contributed by atoms with van der Waals surface area (Å²) in [7, 11) is 0. The van der Waals surface area contributed by atoms with Crippen molar-refractivity contribution in [1.82, 2.24) is 15.6 Å². The smallest absolute Gasteiger partial charge is 0.338 e. The van der Waals surface area contributed by atoms with Gasteiger partial charge < -0.3 is 10.1 Å². The van der Waals surface area contributed by atoms with Gasteiger partial charge in [-0.05, 0) is 42.1 Å². The minimum absolute atomic E-state index is 0.257. The van der Waals surface area contributed by atoms with Crippen molar-refractivity contribution in [3.05, 3.63) is 58.9 Å². The maximum atomic E-state index is 11.6. The normalized spacial score (nSPS) is 17.5. The molecule has 0 spiro atoms. The molecule has 1 fully saturated rings. The highest BCUT2D eigenvalue weighted by Gasteiger charge is 2.21. The van der Waals surface area contributed by atoms with Gasteiger partial charge in [0.25, 0.3) is 5.91 Å². The van der Waals surface area contributed by atoms with E-state index >= 15 is 0 Å². The summed E-state index contributed by atoms with van der Waals surface area (Å²) in [5, 5.41) is 5.59. The molecule has 118 valence electrons. The first-order chi connectivity index (χ1) is 11.6. The van der Waals surface area contributed by atoms with Crippen LogP contribution in [0.4, 0.5) is 0 Å². The molecule has 1 saturated heterocycles. The largest absolute Gasteiger partial charge is 0.457 e. The Balaban J connectivity index is 1.61. The molecule has 24 heavy (non-hydrogen) atoms. The van der Waals surface area contributed by atoms with Crippen molar-refractivity contribution in [2.45, 2.75) is 6.61 Å². The molecule has 0 unspecified atom stereocenters. The molecule has 1 aromatic carbocycles. The van der Waals surface area contributed by atoms with Crippen molar-refractivity contribution in [3.8, 4) is 11.3 Å². The predicted molar refractivity (Wildman–Crippen MR) is 90.6 cm³/mol. The molecular formula is C17H11N3O3S. The quantitative estimate of drug-likeness (QED) is 0.494. The Hall–Kier alpha value is -3.06. The van der Waals surface area contributed by atoms with Gasteiger partial charge in [0.2, 0.25) is 0 Å². The minimum atomic E-state index is -0.285. The lowest BCUT2D eigenvalue weighted by molar-refractivity contribution is -0.115. The Bertz CT molecular complexity index is 919. The topological polar surface area (TPSA) is 80.3 Å². The SMILES string of the molecule is O=C1NC(=S)N/C1=C\c1ccc(-c2ccc3c(c2)COC3=O)nc1. The lowest BCUT2D eigenvalue weighted by Gasteiger charge is -2.03. The number of hydrogen-bond acceptors (Lipinski definition) is 5. The van der Waals surface area contributed by atoms with Gasteiger partial charge in [-0.3, -0.25) is 15.1 Å². The Labute approximate surface area is 142 Å². The fraction of sp³-hybridized carbons (Fsp3) is 0.0588. The Morgan fingerprint density at radius 3 is 2.75 bits per heavy atom. The van der Waals surface area contributed by atoms with Gasteiger partial charge in [-0.1, -0.05) is 12.1 Å². The molecule has 0 atom stereocenters. The number of carbonyl (C=O) groups is 2. The third-order valence-corrected chi connectivity index (χ3v) is 4.00. The number of esters is 1. The summed E-state index contributed by atoms with van der Waals surface area (Å²) < 4.78 is 5.00. The summed E-state index contributed by atoms with van der Waals surface area (Å²) in [4.78, 5) is 27.5. The van der Waals surface area contributed by atoms with Gasteiger partial charge in [0.05, 0.1) is 11.3 Å².